The number of hydrogen-bond donors (Lipinski definition) is 2. The number of aliphatic hydroxyl groups excluding tert-OH is 1. The van der Waals surface area contributed by atoms with Crippen LogP contribution in [0.1, 0.15) is 43.4 Å². The van der Waals surface area contributed by atoms with Gasteiger partial charge in [-0.15, -0.1) is 0 Å². The fourth-order valence-corrected chi connectivity index (χ4v) is 2.75. The molecular formula is C16H25NO. The molecule has 100 valence electrons. The minimum absolute atomic E-state index is 0.223. The Kier molecular flexibility index (Phi) is 4.79. The molecule has 1 atom stereocenters. The third-order valence-electron chi connectivity index (χ3n) is 3.62. The van der Waals surface area contributed by atoms with E-state index < -0.39 is 0 Å². The molecule has 1 unspecified atom stereocenters. The van der Waals surface area contributed by atoms with Gasteiger partial charge in [-0.05, 0) is 48.3 Å². The first kappa shape index (κ1) is 13.6. The summed E-state index contributed by atoms with van der Waals surface area (Å²) < 4.78 is 0. The molecular weight excluding hydrogens is 222 g/mol. The van der Waals surface area contributed by atoms with Crippen LogP contribution in [0.5, 0.6) is 0 Å². The summed E-state index contributed by atoms with van der Waals surface area (Å²) in [7, 11) is 0. The molecule has 2 nitrogen and oxygen atoms in total. The molecule has 2 rings (SSSR count). The Labute approximate surface area is 110 Å². The van der Waals surface area contributed by atoms with Gasteiger partial charge >= 0.3 is 0 Å². The maximum atomic E-state index is 9.79. The van der Waals surface area contributed by atoms with Crippen molar-refractivity contribution < 1.29 is 5.11 Å². The lowest BCUT2D eigenvalue weighted by molar-refractivity contribution is 0.146. The van der Waals surface area contributed by atoms with Crippen LogP contribution in [0.4, 0.5) is 0 Å². The monoisotopic (exact) mass is 247 g/mol. The summed E-state index contributed by atoms with van der Waals surface area (Å²) in [4.78, 5) is 0. The molecule has 18 heavy (non-hydrogen) atoms. The molecule has 0 heterocycles. The standard InChI is InChI=1S/C16H25NO/c1-12(2)8-16(18)11-17-10-13-6-7-14-4-3-5-15(14)9-13/h6-7,9,12,16-18H,3-5,8,10-11H2,1-2H3. The normalized spacial score (nSPS) is 16.0. The first-order valence-corrected chi connectivity index (χ1v) is 7.14. The van der Waals surface area contributed by atoms with Crippen molar-refractivity contribution in [2.45, 2.75) is 52.2 Å². The zero-order chi connectivity index (χ0) is 13.0. The quantitative estimate of drug-likeness (QED) is 0.810. The number of rotatable bonds is 6. The number of hydrogen-bond acceptors (Lipinski definition) is 2. The Morgan fingerprint density at radius 1 is 1.22 bits per heavy atom. The lowest BCUT2D eigenvalue weighted by Gasteiger charge is -2.14. The number of fused-ring (bicyclic) bond motifs is 1. The molecule has 1 aliphatic carbocycles. The van der Waals surface area contributed by atoms with Crippen LogP contribution in [0.15, 0.2) is 18.2 Å². The Hall–Kier alpha value is -0.860. The van der Waals surface area contributed by atoms with Crippen LogP contribution < -0.4 is 5.32 Å². The van der Waals surface area contributed by atoms with Crippen molar-refractivity contribution in [3.63, 3.8) is 0 Å². The van der Waals surface area contributed by atoms with Crippen molar-refractivity contribution in [1.82, 2.24) is 5.32 Å². The van der Waals surface area contributed by atoms with Crippen molar-refractivity contribution in [3.05, 3.63) is 34.9 Å². The van der Waals surface area contributed by atoms with Gasteiger partial charge in [0.2, 0.25) is 0 Å². The van der Waals surface area contributed by atoms with Crippen LogP contribution in [0, 0.1) is 5.92 Å². The summed E-state index contributed by atoms with van der Waals surface area (Å²) in [6, 6.07) is 6.81. The van der Waals surface area contributed by atoms with Gasteiger partial charge in [0, 0.05) is 13.1 Å². The zero-order valence-corrected chi connectivity index (χ0v) is 11.6. The van der Waals surface area contributed by atoms with E-state index in [1.165, 1.54) is 36.0 Å². The van der Waals surface area contributed by atoms with Crippen LogP contribution in [-0.2, 0) is 19.4 Å². The summed E-state index contributed by atoms with van der Waals surface area (Å²) >= 11 is 0. The molecule has 0 saturated heterocycles. The third kappa shape index (κ3) is 3.82. The van der Waals surface area contributed by atoms with Gasteiger partial charge in [-0.2, -0.15) is 0 Å². The maximum Gasteiger partial charge on any atom is 0.0667 e. The van der Waals surface area contributed by atoms with E-state index in [-0.39, 0.29) is 6.10 Å². The Bertz CT molecular complexity index is 387. The first-order valence-electron chi connectivity index (χ1n) is 7.14. The van der Waals surface area contributed by atoms with Gasteiger partial charge in [-0.25, -0.2) is 0 Å². The lowest BCUT2D eigenvalue weighted by Crippen LogP contribution is -2.27. The van der Waals surface area contributed by atoms with E-state index >= 15 is 0 Å². The minimum Gasteiger partial charge on any atom is -0.392 e. The van der Waals surface area contributed by atoms with Crippen LogP contribution in [0.2, 0.25) is 0 Å². The molecule has 1 aromatic rings. The zero-order valence-electron chi connectivity index (χ0n) is 11.6. The van der Waals surface area contributed by atoms with Gasteiger partial charge in [0.15, 0.2) is 0 Å². The van der Waals surface area contributed by atoms with E-state index in [1.807, 2.05) is 0 Å². The number of aliphatic hydroxyl groups is 1. The van der Waals surface area contributed by atoms with E-state index in [9.17, 15) is 5.11 Å². The largest absolute Gasteiger partial charge is 0.392 e. The summed E-state index contributed by atoms with van der Waals surface area (Å²) in [6.45, 7) is 5.84. The van der Waals surface area contributed by atoms with E-state index in [1.54, 1.807) is 0 Å². The number of nitrogens with one attached hydrogen (secondary N) is 1. The molecule has 0 radical (unpaired) electrons. The molecule has 0 amide bonds. The minimum atomic E-state index is -0.223. The average Bonchev–Trinajstić information content (AvgIpc) is 2.75. The maximum absolute atomic E-state index is 9.79. The van der Waals surface area contributed by atoms with Crippen LogP contribution in [0.25, 0.3) is 0 Å². The van der Waals surface area contributed by atoms with Gasteiger partial charge in [0.25, 0.3) is 0 Å². The summed E-state index contributed by atoms with van der Waals surface area (Å²) in [5, 5.41) is 13.1. The molecule has 0 spiro atoms. The molecule has 1 aromatic carbocycles. The Balaban J connectivity index is 1.77. The number of benzene rings is 1. The van der Waals surface area contributed by atoms with Crippen molar-refractivity contribution in [1.29, 1.82) is 0 Å². The van der Waals surface area contributed by atoms with Crippen LogP contribution in [-0.4, -0.2) is 17.8 Å². The summed E-state index contributed by atoms with van der Waals surface area (Å²) in [5.41, 5.74) is 4.39. The average molecular weight is 247 g/mol. The highest BCUT2D eigenvalue weighted by atomic mass is 16.3. The molecule has 0 aromatic heterocycles. The predicted molar refractivity (Wildman–Crippen MR) is 75.6 cm³/mol. The Morgan fingerprint density at radius 2 is 2.00 bits per heavy atom. The second kappa shape index (κ2) is 6.35. The van der Waals surface area contributed by atoms with Crippen molar-refractivity contribution in [2.75, 3.05) is 6.54 Å². The van der Waals surface area contributed by atoms with Gasteiger partial charge < -0.3 is 10.4 Å². The molecule has 0 saturated carbocycles. The number of aryl methyl sites for hydroxylation is 2. The topological polar surface area (TPSA) is 32.3 Å². The van der Waals surface area contributed by atoms with E-state index in [0.717, 1.165) is 13.0 Å². The second-order valence-corrected chi connectivity index (χ2v) is 5.87. The first-order chi connectivity index (χ1) is 8.65. The van der Waals surface area contributed by atoms with Gasteiger partial charge in [-0.1, -0.05) is 32.0 Å². The smallest absolute Gasteiger partial charge is 0.0667 e. The molecule has 2 heteroatoms. The molecule has 0 fully saturated rings. The second-order valence-electron chi connectivity index (χ2n) is 5.87. The highest BCUT2D eigenvalue weighted by Crippen LogP contribution is 2.22. The van der Waals surface area contributed by atoms with E-state index in [4.69, 9.17) is 0 Å². The predicted octanol–water partition coefficient (Wildman–Crippen LogP) is 2.67. The summed E-state index contributed by atoms with van der Waals surface area (Å²) in [5.74, 6) is 0.557. The van der Waals surface area contributed by atoms with Crippen LogP contribution in [0.3, 0.4) is 0 Å². The van der Waals surface area contributed by atoms with Crippen molar-refractivity contribution in [3.8, 4) is 0 Å². The summed E-state index contributed by atoms with van der Waals surface area (Å²) in [6.07, 6.45) is 4.44. The van der Waals surface area contributed by atoms with Crippen LogP contribution >= 0.6 is 0 Å². The molecule has 0 aliphatic heterocycles. The van der Waals surface area contributed by atoms with E-state index in [0.29, 0.717) is 12.5 Å². The fourth-order valence-electron chi connectivity index (χ4n) is 2.75. The SMILES string of the molecule is CC(C)CC(O)CNCc1ccc2c(c1)CCC2. The van der Waals surface area contributed by atoms with Gasteiger partial charge in [0.05, 0.1) is 6.10 Å². The Morgan fingerprint density at radius 3 is 2.78 bits per heavy atom. The molecule has 1 aliphatic rings. The highest BCUT2D eigenvalue weighted by Gasteiger charge is 2.11. The molecule has 0 bridgehead atoms. The van der Waals surface area contributed by atoms with Crippen molar-refractivity contribution in [2.24, 2.45) is 5.92 Å². The fraction of sp³-hybridized carbons (Fsp3) is 0.625. The van der Waals surface area contributed by atoms with Gasteiger partial charge in [0.1, 0.15) is 0 Å². The lowest BCUT2D eigenvalue weighted by atomic mass is 10.1. The van der Waals surface area contributed by atoms with Crippen molar-refractivity contribution >= 4 is 0 Å². The van der Waals surface area contributed by atoms with E-state index in [2.05, 4.69) is 37.4 Å². The van der Waals surface area contributed by atoms with Gasteiger partial charge in [-0.3, -0.25) is 0 Å². The third-order valence-corrected chi connectivity index (χ3v) is 3.62. The highest BCUT2D eigenvalue weighted by molar-refractivity contribution is 5.35. The molecule has 2 N–H and O–H groups in total.